The number of phosphoric acid groups is 1. The van der Waals surface area contributed by atoms with Gasteiger partial charge in [-0.15, -0.1) is 0 Å². The Hall–Kier alpha value is 2.30. The summed E-state index contributed by atoms with van der Waals surface area (Å²) in [5.41, 5.74) is 0. The fourth-order valence-corrected chi connectivity index (χ4v) is 0. The Morgan fingerprint density at radius 3 is 1.12 bits per heavy atom. The summed E-state index contributed by atoms with van der Waals surface area (Å²) in [7, 11) is -4.64. The van der Waals surface area contributed by atoms with Gasteiger partial charge in [0.1, 0.15) is 0 Å². The van der Waals surface area contributed by atoms with E-state index in [1.807, 2.05) is 0 Å². The van der Waals surface area contributed by atoms with Gasteiger partial charge in [-0.05, 0) is 0 Å². The van der Waals surface area contributed by atoms with Gasteiger partial charge in [-0.2, -0.15) is 0 Å². The van der Waals surface area contributed by atoms with Crippen molar-refractivity contribution in [3.8, 4) is 0 Å². The summed E-state index contributed by atoms with van der Waals surface area (Å²) < 4.78 is 8.88. The van der Waals surface area contributed by atoms with Gasteiger partial charge in [0.2, 0.25) is 0 Å². The Kier molecular flexibility index (Phi) is 26.1. The number of hydrogen-bond acceptors (Lipinski definition) is 1. The van der Waals surface area contributed by atoms with Crippen LogP contribution in [0.2, 0.25) is 0 Å². The molecular formula is H5FKO4PZn. The maximum Gasteiger partial charge on any atom is 0 e. The van der Waals surface area contributed by atoms with Crippen LogP contribution in [0.4, 0.5) is 4.70 Å². The van der Waals surface area contributed by atoms with E-state index < -0.39 is 7.82 Å². The van der Waals surface area contributed by atoms with Gasteiger partial charge in [-0.1, -0.05) is 0 Å². The molecule has 0 radical (unpaired) electrons. The van der Waals surface area contributed by atoms with E-state index in [4.69, 9.17) is 19.2 Å². The third kappa shape index (κ3) is 83.6. The summed E-state index contributed by atoms with van der Waals surface area (Å²) in [5.74, 6) is 0. The average molecular weight is 223 g/mol. The topological polar surface area (TPSA) is 77.8 Å². The van der Waals surface area contributed by atoms with Crippen molar-refractivity contribution >= 4 is 59.2 Å². The van der Waals surface area contributed by atoms with Crippen molar-refractivity contribution in [3.05, 3.63) is 0 Å². The van der Waals surface area contributed by atoms with Crippen LogP contribution in [0.1, 0.15) is 0 Å². The minimum atomic E-state index is -4.64. The van der Waals surface area contributed by atoms with Gasteiger partial charge in [-0.3, -0.25) is 4.70 Å². The van der Waals surface area contributed by atoms with Crippen molar-refractivity contribution in [1.82, 2.24) is 0 Å². The molecule has 0 aromatic rings. The van der Waals surface area contributed by atoms with Crippen LogP contribution in [-0.2, 0) is 24.0 Å². The SMILES string of the molecule is F.O=P(O)(O)O.[KH].[Zn]. The molecule has 0 rings (SSSR count). The third-order valence-corrected chi connectivity index (χ3v) is 0. The molecule has 8 heteroatoms. The molecule has 0 fully saturated rings. The number of halogens is 1. The number of rotatable bonds is 0. The van der Waals surface area contributed by atoms with Crippen molar-refractivity contribution in [2.75, 3.05) is 0 Å². The average Bonchev–Trinajstić information content (AvgIpc) is 0.722. The molecule has 4 nitrogen and oxygen atoms in total. The summed E-state index contributed by atoms with van der Waals surface area (Å²) in [5, 5.41) is 0. The van der Waals surface area contributed by atoms with Crippen molar-refractivity contribution < 1.29 is 43.4 Å². The molecule has 0 unspecified atom stereocenters. The zero-order valence-electron chi connectivity index (χ0n) is 3.31. The Labute approximate surface area is 101 Å². The molecule has 0 aromatic carbocycles. The first kappa shape index (κ1) is 22.4. The van der Waals surface area contributed by atoms with Crippen molar-refractivity contribution in [2.24, 2.45) is 0 Å². The molecule has 0 amide bonds. The summed E-state index contributed by atoms with van der Waals surface area (Å²) in [4.78, 5) is 21.6. The Balaban J connectivity index is -0.0000000267. The van der Waals surface area contributed by atoms with Crippen LogP contribution in [0.25, 0.3) is 0 Å². The van der Waals surface area contributed by atoms with Crippen molar-refractivity contribution in [1.29, 1.82) is 0 Å². The van der Waals surface area contributed by atoms with Crippen molar-refractivity contribution in [3.63, 3.8) is 0 Å². The van der Waals surface area contributed by atoms with Crippen LogP contribution < -0.4 is 0 Å². The van der Waals surface area contributed by atoms with E-state index in [0.29, 0.717) is 0 Å². The van der Waals surface area contributed by atoms with Gasteiger partial charge in [0.05, 0.1) is 0 Å². The van der Waals surface area contributed by atoms with Crippen LogP contribution in [0.15, 0.2) is 0 Å². The van der Waals surface area contributed by atoms with E-state index in [-0.39, 0.29) is 75.6 Å². The van der Waals surface area contributed by atoms with E-state index >= 15 is 0 Å². The number of hydrogen-bond donors (Lipinski definition) is 3. The van der Waals surface area contributed by atoms with Crippen LogP contribution in [0.3, 0.4) is 0 Å². The predicted octanol–water partition coefficient (Wildman–Crippen LogP) is -1.43. The quantitative estimate of drug-likeness (QED) is 0.348. The molecule has 0 saturated carbocycles. The fraction of sp³-hybridized carbons (Fsp3) is 0. The smallest absolute Gasteiger partial charge is 0 e. The van der Waals surface area contributed by atoms with E-state index in [2.05, 4.69) is 0 Å². The molecule has 0 heterocycles. The van der Waals surface area contributed by atoms with Gasteiger partial charge in [0.15, 0.2) is 0 Å². The molecule has 8 heavy (non-hydrogen) atoms. The summed E-state index contributed by atoms with van der Waals surface area (Å²) in [6.45, 7) is 0. The Morgan fingerprint density at radius 2 is 1.12 bits per heavy atom. The first-order chi connectivity index (χ1) is 2.00. The van der Waals surface area contributed by atoms with E-state index in [9.17, 15) is 0 Å². The molecule has 0 bridgehead atoms. The predicted molar refractivity (Wildman–Crippen MR) is 23.9 cm³/mol. The van der Waals surface area contributed by atoms with Crippen molar-refractivity contribution in [2.45, 2.75) is 0 Å². The standard InChI is InChI=1S/FH.K.H3O4P.Zn.H/c;;1-5(2,3)4;;/h1H;;(H3,1,2,3,4);;. The second-order valence-corrected chi connectivity index (χ2v) is 1.54. The van der Waals surface area contributed by atoms with Crippen LogP contribution in [-0.4, -0.2) is 66.1 Å². The van der Waals surface area contributed by atoms with E-state index in [1.165, 1.54) is 0 Å². The third-order valence-electron chi connectivity index (χ3n) is 0. The molecule has 0 aromatic heterocycles. The fourth-order valence-electron chi connectivity index (χ4n) is 0. The largest absolute Gasteiger partial charge is 0 e. The minimum Gasteiger partial charge on any atom is 0 e. The summed E-state index contributed by atoms with van der Waals surface area (Å²) in [6.07, 6.45) is 0. The normalized spacial score (nSPS) is 7.38. The molecule has 0 spiro atoms. The van der Waals surface area contributed by atoms with Gasteiger partial charge < -0.3 is 14.7 Å². The second-order valence-electron chi connectivity index (χ2n) is 0.513. The molecule has 0 atom stereocenters. The minimum absolute atomic E-state index is 0. The van der Waals surface area contributed by atoms with Gasteiger partial charge in [0.25, 0.3) is 0 Å². The Bertz CT molecular complexity index is 62.2. The molecule has 44 valence electrons. The second kappa shape index (κ2) is 9.30. The summed E-state index contributed by atoms with van der Waals surface area (Å²) in [6, 6.07) is 0. The molecular weight excluding hydrogens is 218 g/mol. The molecule has 0 aliphatic heterocycles. The zero-order chi connectivity index (χ0) is 4.50. The molecule has 3 N–H and O–H groups in total. The first-order valence-electron chi connectivity index (χ1n) is 0.783. The van der Waals surface area contributed by atoms with Crippen LogP contribution in [0.5, 0.6) is 0 Å². The summed E-state index contributed by atoms with van der Waals surface area (Å²) >= 11 is 0. The first-order valence-corrected chi connectivity index (χ1v) is 2.35. The monoisotopic (exact) mass is 222 g/mol. The molecule has 0 aliphatic carbocycles. The maximum atomic E-state index is 8.88. The van der Waals surface area contributed by atoms with Gasteiger partial charge >= 0.3 is 59.2 Å². The maximum absolute atomic E-state index is 8.88. The van der Waals surface area contributed by atoms with Gasteiger partial charge in [0, 0.05) is 19.5 Å². The molecule has 0 saturated heterocycles. The Morgan fingerprint density at radius 1 is 1.12 bits per heavy atom. The van der Waals surface area contributed by atoms with E-state index in [1.54, 1.807) is 0 Å². The van der Waals surface area contributed by atoms with Gasteiger partial charge in [-0.25, -0.2) is 4.57 Å². The molecule has 0 aliphatic rings. The van der Waals surface area contributed by atoms with E-state index in [0.717, 1.165) is 0 Å². The van der Waals surface area contributed by atoms with Crippen LogP contribution >= 0.6 is 7.82 Å². The van der Waals surface area contributed by atoms with Crippen LogP contribution in [0, 0.1) is 0 Å². The zero-order valence-corrected chi connectivity index (χ0v) is 7.17.